The highest BCUT2D eigenvalue weighted by Crippen LogP contribution is 2.44. The highest BCUT2D eigenvalue weighted by molar-refractivity contribution is 5.57. The van der Waals surface area contributed by atoms with E-state index in [2.05, 4.69) is 29.6 Å². The molecule has 4 rings (SSSR count). The third-order valence-corrected chi connectivity index (χ3v) is 5.49. The first-order chi connectivity index (χ1) is 14.8. The Bertz CT molecular complexity index is 1000. The lowest BCUT2D eigenvalue weighted by Crippen LogP contribution is -2.31. The molecule has 5 nitrogen and oxygen atoms in total. The smallest absolute Gasteiger partial charge is 0.166 e. The van der Waals surface area contributed by atoms with Crippen molar-refractivity contribution in [1.29, 1.82) is 0 Å². The van der Waals surface area contributed by atoms with Crippen molar-refractivity contribution in [3.8, 4) is 23.0 Å². The fraction of sp³-hybridized carbons (Fsp3) is 0.280. The van der Waals surface area contributed by atoms with E-state index in [1.807, 2.05) is 36.4 Å². The summed E-state index contributed by atoms with van der Waals surface area (Å²) in [5, 5.41) is 3.64. The maximum atomic E-state index is 6.29. The summed E-state index contributed by atoms with van der Waals surface area (Å²) in [5.41, 5.74) is 4.48. The van der Waals surface area contributed by atoms with Crippen LogP contribution in [0.4, 0.5) is 0 Å². The second kappa shape index (κ2) is 9.09. The standard InChI is InChI=1S/C25H27NO4/c1-27-21-11-7-10-20(25(21)30-16-17-8-5-4-6-9-17)23-18-12-13-22(28-2)24(29-3)19(18)14-15-26-23/h4-13,23,26H,14-16H2,1-3H3. The first-order valence-corrected chi connectivity index (χ1v) is 10.1. The van der Waals surface area contributed by atoms with E-state index in [0.717, 1.165) is 58.2 Å². The highest BCUT2D eigenvalue weighted by atomic mass is 16.5. The van der Waals surface area contributed by atoms with Crippen LogP contribution in [0.5, 0.6) is 23.0 Å². The number of hydrogen-bond acceptors (Lipinski definition) is 5. The second-order valence-electron chi connectivity index (χ2n) is 7.16. The number of hydrogen-bond donors (Lipinski definition) is 1. The van der Waals surface area contributed by atoms with Crippen molar-refractivity contribution in [3.05, 3.63) is 82.9 Å². The molecule has 0 bridgehead atoms. The summed E-state index contributed by atoms with van der Waals surface area (Å²) in [7, 11) is 5.03. The van der Waals surface area contributed by atoms with E-state index < -0.39 is 0 Å². The van der Waals surface area contributed by atoms with Crippen LogP contribution >= 0.6 is 0 Å². The molecule has 0 amide bonds. The monoisotopic (exact) mass is 405 g/mol. The Morgan fingerprint density at radius 1 is 0.767 bits per heavy atom. The number of benzene rings is 3. The molecule has 1 aliphatic rings. The van der Waals surface area contributed by atoms with E-state index in [-0.39, 0.29) is 6.04 Å². The molecule has 5 heteroatoms. The Morgan fingerprint density at radius 2 is 1.53 bits per heavy atom. The molecule has 0 fully saturated rings. The van der Waals surface area contributed by atoms with Crippen LogP contribution in [0.25, 0.3) is 0 Å². The topological polar surface area (TPSA) is 49.0 Å². The van der Waals surface area contributed by atoms with Gasteiger partial charge in [-0.05, 0) is 29.7 Å². The first kappa shape index (κ1) is 20.1. The zero-order chi connectivity index (χ0) is 20.9. The van der Waals surface area contributed by atoms with Gasteiger partial charge in [0.1, 0.15) is 6.61 Å². The van der Waals surface area contributed by atoms with E-state index >= 15 is 0 Å². The molecule has 1 aliphatic heterocycles. The van der Waals surface area contributed by atoms with Crippen LogP contribution in [0, 0.1) is 0 Å². The predicted molar refractivity (Wildman–Crippen MR) is 117 cm³/mol. The molecule has 156 valence electrons. The zero-order valence-electron chi connectivity index (χ0n) is 17.6. The average Bonchev–Trinajstić information content (AvgIpc) is 2.81. The van der Waals surface area contributed by atoms with Gasteiger partial charge >= 0.3 is 0 Å². The SMILES string of the molecule is COc1cccc(C2NCCc3c2ccc(OC)c3OC)c1OCc1ccccc1. The minimum Gasteiger partial charge on any atom is -0.493 e. The van der Waals surface area contributed by atoms with Gasteiger partial charge in [-0.1, -0.05) is 48.5 Å². The van der Waals surface area contributed by atoms with E-state index in [9.17, 15) is 0 Å². The predicted octanol–water partition coefficient (Wildman–Crippen LogP) is 4.53. The molecule has 1 atom stereocenters. The van der Waals surface area contributed by atoms with E-state index in [4.69, 9.17) is 18.9 Å². The Balaban J connectivity index is 1.75. The summed E-state index contributed by atoms with van der Waals surface area (Å²) >= 11 is 0. The number of nitrogens with one attached hydrogen (secondary N) is 1. The van der Waals surface area contributed by atoms with E-state index in [1.54, 1.807) is 21.3 Å². The van der Waals surface area contributed by atoms with Crippen LogP contribution in [0.2, 0.25) is 0 Å². The number of fused-ring (bicyclic) bond motifs is 1. The zero-order valence-corrected chi connectivity index (χ0v) is 17.6. The van der Waals surface area contributed by atoms with Gasteiger partial charge in [-0.15, -0.1) is 0 Å². The molecule has 0 saturated carbocycles. The summed E-state index contributed by atoms with van der Waals surface area (Å²) in [6.07, 6.45) is 0.871. The van der Waals surface area contributed by atoms with Gasteiger partial charge < -0.3 is 24.3 Å². The van der Waals surface area contributed by atoms with Crippen molar-refractivity contribution in [2.75, 3.05) is 27.9 Å². The van der Waals surface area contributed by atoms with Crippen LogP contribution in [0.15, 0.2) is 60.7 Å². The molecule has 0 radical (unpaired) electrons. The lowest BCUT2D eigenvalue weighted by atomic mass is 9.88. The number of ether oxygens (including phenoxy) is 4. The Hall–Kier alpha value is -3.18. The van der Waals surface area contributed by atoms with Gasteiger partial charge in [0.05, 0.1) is 27.4 Å². The van der Waals surface area contributed by atoms with Crippen LogP contribution in [-0.4, -0.2) is 27.9 Å². The molecular formula is C25H27NO4. The number of methoxy groups -OCH3 is 3. The summed E-state index contributed by atoms with van der Waals surface area (Å²) < 4.78 is 23.1. The van der Waals surface area contributed by atoms with Crippen LogP contribution in [-0.2, 0) is 13.0 Å². The van der Waals surface area contributed by atoms with Gasteiger partial charge in [0.2, 0.25) is 0 Å². The quantitative estimate of drug-likeness (QED) is 0.626. The van der Waals surface area contributed by atoms with Gasteiger partial charge in [-0.25, -0.2) is 0 Å². The van der Waals surface area contributed by atoms with Gasteiger partial charge in [-0.3, -0.25) is 0 Å². The summed E-state index contributed by atoms with van der Waals surface area (Å²) in [4.78, 5) is 0. The Morgan fingerprint density at radius 3 is 2.27 bits per heavy atom. The minimum absolute atomic E-state index is 0.0329. The third-order valence-electron chi connectivity index (χ3n) is 5.49. The van der Waals surface area contributed by atoms with Gasteiger partial charge in [0.25, 0.3) is 0 Å². The van der Waals surface area contributed by atoms with Gasteiger partial charge in [0, 0.05) is 17.7 Å². The van der Waals surface area contributed by atoms with Gasteiger partial charge in [0.15, 0.2) is 23.0 Å². The second-order valence-corrected chi connectivity index (χ2v) is 7.16. The van der Waals surface area contributed by atoms with E-state index in [1.165, 1.54) is 0 Å². The molecular weight excluding hydrogens is 378 g/mol. The van der Waals surface area contributed by atoms with Crippen molar-refractivity contribution in [3.63, 3.8) is 0 Å². The highest BCUT2D eigenvalue weighted by Gasteiger charge is 2.29. The fourth-order valence-electron chi connectivity index (χ4n) is 4.07. The molecule has 1 unspecified atom stereocenters. The molecule has 3 aromatic rings. The number of para-hydroxylation sites is 1. The van der Waals surface area contributed by atoms with E-state index in [0.29, 0.717) is 6.61 Å². The maximum Gasteiger partial charge on any atom is 0.166 e. The van der Waals surface area contributed by atoms with Crippen molar-refractivity contribution in [2.24, 2.45) is 0 Å². The minimum atomic E-state index is -0.0329. The summed E-state index contributed by atoms with van der Waals surface area (Å²) in [6, 6.07) is 20.2. The van der Waals surface area contributed by atoms with Crippen LogP contribution in [0.1, 0.15) is 28.3 Å². The molecule has 1 N–H and O–H groups in total. The fourth-order valence-corrected chi connectivity index (χ4v) is 4.07. The molecule has 0 aromatic heterocycles. The van der Waals surface area contributed by atoms with Crippen LogP contribution < -0.4 is 24.3 Å². The number of rotatable bonds is 7. The van der Waals surface area contributed by atoms with Crippen molar-refractivity contribution in [1.82, 2.24) is 5.32 Å². The lowest BCUT2D eigenvalue weighted by molar-refractivity contribution is 0.278. The van der Waals surface area contributed by atoms with Crippen molar-refractivity contribution >= 4 is 0 Å². The largest absolute Gasteiger partial charge is 0.493 e. The first-order valence-electron chi connectivity index (χ1n) is 10.1. The lowest BCUT2D eigenvalue weighted by Gasteiger charge is -2.30. The molecule has 0 aliphatic carbocycles. The Labute approximate surface area is 177 Å². The molecule has 1 heterocycles. The maximum absolute atomic E-state index is 6.29. The Kier molecular flexibility index (Phi) is 6.10. The third kappa shape index (κ3) is 3.81. The normalized spacial score (nSPS) is 15.2. The van der Waals surface area contributed by atoms with Crippen molar-refractivity contribution < 1.29 is 18.9 Å². The summed E-state index contributed by atoms with van der Waals surface area (Å²) in [6.45, 7) is 1.30. The average molecular weight is 405 g/mol. The molecule has 0 saturated heterocycles. The summed E-state index contributed by atoms with van der Waals surface area (Å²) in [5.74, 6) is 3.03. The molecule has 3 aromatic carbocycles. The molecule has 30 heavy (non-hydrogen) atoms. The van der Waals surface area contributed by atoms with Crippen LogP contribution in [0.3, 0.4) is 0 Å². The van der Waals surface area contributed by atoms with Crippen molar-refractivity contribution in [2.45, 2.75) is 19.1 Å². The molecule has 0 spiro atoms. The van der Waals surface area contributed by atoms with Gasteiger partial charge in [-0.2, -0.15) is 0 Å².